The lowest BCUT2D eigenvalue weighted by molar-refractivity contribution is -0.318. The summed E-state index contributed by atoms with van der Waals surface area (Å²) in [6.07, 6.45) is -5.03. The Balaban J connectivity index is 1.79. The lowest BCUT2D eigenvalue weighted by atomic mass is 10.2. The van der Waals surface area contributed by atoms with Gasteiger partial charge in [-0.15, -0.1) is 0 Å². The van der Waals surface area contributed by atoms with Crippen LogP contribution in [0.15, 0.2) is 48.5 Å². The number of hydrogen-bond acceptors (Lipinski definition) is 3. The van der Waals surface area contributed by atoms with Crippen LogP contribution in [-0.2, 0) is 6.54 Å². The second-order valence-corrected chi connectivity index (χ2v) is 6.12. The highest BCUT2D eigenvalue weighted by Gasteiger charge is 2.66. The molecule has 2 aromatic rings. The zero-order valence-electron chi connectivity index (χ0n) is 13.5. The predicted molar refractivity (Wildman–Crippen MR) is 87.9 cm³/mol. The van der Waals surface area contributed by atoms with Crippen molar-refractivity contribution in [3.8, 4) is 11.5 Å². The van der Waals surface area contributed by atoms with Crippen molar-refractivity contribution in [2.75, 3.05) is 7.05 Å². The van der Waals surface area contributed by atoms with E-state index in [1.807, 2.05) is 0 Å². The number of halogens is 4. The molecular formula is C17H14ClF3N2O3. The average Bonchev–Trinajstić information content (AvgIpc) is 2.94. The number of urea groups is 1. The third-order valence-electron chi connectivity index (χ3n) is 3.67. The molecule has 3 rings (SSSR count). The van der Waals surface area contributed by atoms with E-state index in [0.717, 1.165) is 10.5 Å². The average molecular weight is 387 g/mol. The van der Waals surface area contributed by atoms with Crippen LogP contribution >= 0.6 is 11.6 Å². The quantitative estimate of drug-likeness (QED) is 0.861. The van der Waals surface area contributed by atoms with Gasteiger partial charge in [-0.1, -0.05) is 41.9 Å². The highest BCUT2D eigenvalue weighted by molar-refractivity contribution is 6.30. The van der Waals surface area contributed by atoms with Gasteiger partial charge >= 0.3 is 18.1 Å². The predicted octanol–water partition coefficient (Wildman–Crippen LogP) is 4.17. The molecule has 26 heavy (non-hydrogen) atoms. The van der Waals surface area contributed by atoms with E-state index in [4.69, 9.17) is 21.1 Å². The van der Waals surface area contributed by atoms with Crippen molar-refractivity contribution < 1.29 is 27.4 Å². The number of carbonyl (C=O) groups excluding carboxylic acids is 1. The van der Waals surface area contributed by atoms with E-state index in [9.17, 15) is 18.0 Å². The van der Waals surface area contributed by atoms with Gasteiger partial charge in [-0.3, -0.25) is 5.32 Å². The molecule has 138 valence electrons. The minimum Gasteiger partial charge on any atom is -0.424 e. The molecule has 0 saturated carbocycles. The fourth-order valence-corrected chi connectivity index (χ4v) is 2.54. The van der Waals surface area contributed by atoms with Crippen LogP contribution in [-0.4, -0.2) is 30.1 Å². The summed E-state index contributed by atoms with van der Waals surface area (Å²) in [5.74, 6) is -3.69. The first-order valence-electron chi connectivity index (χ1n) is 7.52. The number of hydrogen-bond donors (Lipinski definition) is 1. The summed E-state index contributed by atoms with van der Waals surface area (Å²) >= 11 is 5.76. The molecule has 0 unspecified atom stereocenters. The first kappa shape index (κ1) is 18.2. The molecule has 0 aromatic heterocycles. The number of ether oxygens (including phenoxy) is 2. The lowest BCUT2D eigenvalue weighted by Crippen LogP contribution is -2.66. The van der Waals surface area contributed by atoms with Crippen molar-refractivity contribution in [2.45, 2.75) is 18.6 Å². The summed E-state index contributed by atoms with van der Waals surface area (Å²) in [7, 11) is 1.37. The molecule has 0 aliphatic carbocycles. The van der Waals surface area contributed by atoms with E-state index in [1.165, 1.54) is 25.2 Å². The molecule has 2 aromatic carbocycles. The van der Waals surface area contributed by atoms with Gasteiger partial charge < -0.3 is 14.4 Å². The monoisotopic (exact) mass is 386 g/mol. The summed E-state index contributed by atoms with van der Waals surface area (Å²) in [6.45, 7) is 0.111. The lowest BCUT2D eigenvalue weighted by Gasteiger charge is -2.31. The number of carbonyl (C=O) groups is 1. The van der Waals surface area contributed by atoms with Crippen molar-refractivity contribution in [1.82, 2.24) is 10.2 Å². The Kier molecular flexibility index (Phi) is 4.62. The second kappa shape index (κ2) is 6.60. The Morgan fingerprint density at radius 1 is 1.15 bits per heavy atom. The fraction of sp³-hybridized carbons (Fsp3) is 0.235. The van der Waals surface area contributed by atoms with Crippen LogP contribution in [0.2, 0.25) is 5.02 Å². The Morgan fingerprint density at radius 2 is 1.81 bits per heavy atom. The smallest absolute Gasteiger partial charge is 0.424 e. The first-order chi connectivity index (χ1) is 12.2. The number of nitrogens with zero attached hydrogens (tertiary/aromatic N) is 1. The number of rotatable bonds is 3. The molecule has 1 atom stereocenters. The largest absolute Gasteiger partial charge is 0.492 e. The number of fused-ring (bicyclic) bond motifs is 1. The standard InChI is InChI=1S/C17H14ClF3N2O3/c1-23(10-11-5-3-2-4-6-11)15(24)22-17(16(19,20)21)25-13-8-7-12(18)9-14(13)26-17/h2-9H,10H2,1H3,(H,22,24)/t17-/m1/s1. The van der Waals surface area contributed by atoms with E-state index in [1.54, 1.807) is 35.6 Å². The van der Waals surface area contributed by atoms with Gasteiger partial charge in [-0.25, -0.2) is 4.79 Å². The van der Waals surface area contributed by atoms with E-state index in [2.05, 4.69) is 0 Å². The van der Waals surface area contributed by atoms with Crippen LogP contribution in [0.3, 0.4) is 0 Å². The van der Waals surface area contributed by atoms with Crippen LogP contribution in [0, 0.1) is 0 Å². The minimum atomic E-state index is -5.03. The van der Waals surface area contributed by atoms with Gasteiger partial charge in [-0.05, 0) is 17.7 Å². The molecule has 0 radical (unpaired) electrons. The first-order valence-corrected chi connectivity index (χ1v) is 7.89. The SMILES string of the molecule is CN(Cc1ccccc1)C(=O)N[C@]1(C(F)(F)F)Oc2ccc(Cl)cc2O1. The maximum Gasteiger partial charge on any atom is 0.492 e. The van der Waals surface area contributed by atoms with Crippen LogP contribution in [0.4, 0.5) is 18.0 Å². The Morgan fingerprint density at radius 3 is 2.46 bits per heavy atom. The third kappa shape index (κ3) is 3.50. The fourth-order valence-electron chi connectivity index (χ4n) is 2.38. The molecule has 1 N–H and O–H groups in total. The number of amides is 2. The molecule has 0 saturated heterocycles. The molecule has 0 bridgehead atoms. The van der Waals surface area contributed by atoms with Crippen molar-refractivity contribution in [2.24, 2.45) is 0 Å². The van der Waals surface area contributed by atoms with Gasteiger partial charge in [0.1, 0.15) is 0 Å². The number of benzene rings is 2. The van der Waals surface area contributed by atoms with Gasteiger partial charge in [0.15, 0.2) is 11.5 Å². The second-order valence-electron chi connectivity index (χ2n) is 5.68. The normalized spacial score (nSPS) is 18.5. The zero-order chi connectivity index (χ0) is 18.9. The molecular weight excluding hydrogens is 373 g/mol. The van der Waals surface area contributed by atoms with Crippen molar-refractivity contribution in [1.29, 1.82) is 0 Å². The van der Waals surface area contributed by atoms with Crippen molar-refractivity contribution >= 4 is 17.6 Å². The highest BCUT2D eigenvalue weighted by Crippen LogP contribution is 2.46. The Bertz CT molecular complexity index is 817. The molecule has 0 spiro atoms. The summed E-state index contributed by atoms with van der Waals surface area (Å²) in [4.78, 5) is 13.4. The summed E-state index contributed by atoms with van der Waals surface area (Å²) < 4.78 is 50.7. The maximum atomic E-state index is 13.6. The van der Waals surface area contributed by atoms with E-state index >= 15 is 0 Å². The van der Waals surface area contributed by atoms with E-state index in [0.29, 0.717) is 0 Å². The van der Waals surface area contributed by atoms with E-state index < -0.39 is 18.1 Å². The summed E-state index contributed by atoms with van der Waals surface area (Å²) in [6, 6.07) is 11.6. The van der Waals surface area contributed by atoms with Gasteiger partial charge in [0.25, 0.3) is 0 Å². The van der Waals surface area contributed by atoms with Gasteiger partial charge in [0.2, 0.25) is 0 Å². The third-order valence-corrected chi connectivity index (χ3v) is 3.90. The molecule has 1 heterocycles. The Labute approximate surface area is 152 Å². The zero-order valence-corrected chi connectivity index (χ0v) is 14.3. The Hall–Kier alpha value is -2.61. The maximum absolute atomic E-state index is 13.6. The van der Waals surface area contributed by atoms with E-state index in [-0.39, 0.29) is 23.1 Å². The molecule has 1 aliphatic heterocycles. The number of nitrogens with one attached hydrogen (secondary N) is 1. The van der Waals surface area contributed by atoms with Crippen molar-refractivity contribution in [3.63, 3.8) is 0 Å². The summed E-state index contributed by atoms with van der Waals surface area (Å²) in [5, 5.41) is 1.97. The van der Waals surface area contributed by atoms with Gasteiger partial charge in [0, 0.05) is 24.7 Å². The number of alkyl halides is 3. The molecule has 2 amide bonds. The topological polar surface area (TPSA) is 50.8 Å². The molecule has 0 fully saturated rings. The molecule has 9 heteroatoms. The molecule has 1 aliphatic rings. The molecule has 5 nitrogen and oxygen atoms in total. The van der Waals surface area contributed by atoms with Gasteiger partial charge in [-0.2, -0.15) is 13.2 Å². The highest BCUT2D eigenvalue weighted by atomic mass is 35.5. The van der Waals surface area contributed by atoms with Gasteiger partial charge in [0.05, 0.1) is 0 Å². The van der Waals surface area contributed by atoms with Crippen LogP contribution in [0.25, 0.3) is 0 Å². The minimum absolute atomic E-state index is 0.111. The van der Waals surface area contributed by atoms with Crippen LogP contribution < -0.4 is 14.8 Å². The van der Waals surface area contributed by atoms with Crippen molar-refractivity contribution in [3.05, 3.63) is 59.1 Å². The van der Waals surface area contributed by atoms with Crippen LogP contribution in [0.5, 0.6) is 11.5 Å². The summed E-state index contributed by atoms with van der Waals surface area (Å²) in [5.41, 5.74) is 0.759. The van der Waals surface area contributed by atoms with Crippen LogP contribution in [0.1, 0.15) is 5.56 Å².